The van der Waals surface area contributed by atoms with Crippen molar-refractivity contribution < 1.29 is 0 Å². The van der Waals surface area contributed by atoms with Crippen LogP contribution in [0.15, 0.2) is 24.3 Å². The van der Waals surface area contributed by atoms with Crippen molar-refractivity contribution in [2.45, 2.75) is 38.6 Å². The lowest BCUT2D eigenvalue weighted by Crippen LogP contribution is -2.35. The van der Waals surface area contributed by atoms with Crippen molar-refractivity contribution in [1.29, 1.82) is 0 Å². The largest absolute Gasteiger partial charge is 0.313 e. The lowest BCUT2D eigenvalue weighted by atomic mass is 9.94. The summed E-state index contributed by atoms with van der Waals surface area (Å²) in [6, 6.07) is 8.65. The van der Waals surface area contributed by atoms with E-state index in [0.717, 1.165) is 17.4 Å². The summed E-state index contributed by atoms with van der Waals surface area (Å²) < 4.78 is 0. The molecule has 1 fully saturated rings. The van der Waals surface area contributed by atoms with Gasteiger partial charge in [0.2, 0.25) is 0 Å². The number of hydrogen-bond donors (Lipinski definition) is 1. The summed E-state index contributed by atoms with van der Waals surface area (Å²) in [6.45, 7) is 6.05. The summed E-state index contributed by atoms with van der Waals surface area (Å²) in [5.74, 6) is 0.961. The smallest absolute Gasteiger partial charge is 0.0406 e. The highest BCUT2D eigenvalue weighted by atomic mass is 35.5. The number of hydrogen-bond acceptors (Lipinski definition) is 2. The van der Waals surface area contributed by atoms with Crippen molar-refractivity contribution in [3.63, 3.8) is 0 Å². The SMILES string of the molecule is CCC1CCN(CCC(NC)c2ccc(Cl)cc2)CC1. The molecule has 1 N–H and O–H groups in total. The Bertz CT molecular complexity index is 382. The quantitative estimate of drug-likeness (QED) is 0.849. The van der Waals surface area contributed by atoms with Gasteiger partial charge in [0.25, 0.3) is 0 Å². The van der Waals surface area contributed by atoms with Crippen molar-refractivity contribution in [3.8, 4) is 0 Å². The standard InChI is InChI=1S/C17H27ClN2/c1-3-14-8-11-20(12-9-14)13-10-17(19-2)15-4-6-16(18)7-5-15/h4-7,14,17,19H,3,8-13H2,1-2H3. The van der Waals surface area contributed by atoms with Crippen LogP contribution in [0.25, 0.3) is 0 Å². The van der Waals surface area contributed by atoms with E-state index in [1.807, 2.05) is 19.2 Å². The van der Waals surface area contributed by atoms with Gasteiger partial charge in [0.05, 0.1) is 0 Å². The van der Waals surface area contributed by atoms with E-state index in [1.54, 1.807) is 0 Å². The fraction of sp³-hybridized carbons (Fsp3) is 0.647. The minimum absolute atomic E-state index is 0.427. The molecule has 1 atom stereocenters. The molecule has 1 aliphatic rings. The Kier molecular flexibility index (Phi) is 6.34. The van der Waals surface area contributed by atoms with E-state index in [1.165, 1.54) is 44.5 Å². The number of nitrogens with zero attached hydrogens (tertiary/aromatic N) is 1. The summed E-state index contributed by atoms with van der Waals surface area (Å²) in [5, 5.41) is 4.24. The molecule has 0 spiro atoms. The van der Waals surface area contributed by atoms with E-state index in [4.69, 9.17) is 11.6 Å². The zero-order chi connectivity index (χ0) is 14.4. The summed E-state index contributed by atoms with van der Waals surface area (Å²) in [7, 11) is 2.04. The second kappa shape index (κ2) is 8.02. The van der Waals surface area contributed by atoms with Gasteiger partial charge in [0.15, 0.2) is 0 Å². The highest BCUT2D eigenvalue weighted by Crippen LogP contribution is 2.23. The normalized spacial score (nSPS) is 19.1. The molecule has 0 bridgehead atoms. The first kappa shape index (κ1) is 15.8. The lowest BCUT2D eigenvalue weighted by Gasteiger charge is -2.32. The summed E-state index contributed by atoms with van der Waals surface area (Å²) in [5.41, 5.74) is 1.33. The van der Waals surface area contributed by atoms with Crippen molar-refractivity contribution in [2.24, 2.45) is 5.92 Å². The average Bonchev–Trinajstić information content (AvgIpc) is 2.50. The zero-order valence-electron chi connectivity index (χ0n) is 12.7. The van der Waals surface area contributed by atoms with Gasteiger partial charge in [0, 0.05) is 11.1 Å². The van der Waals surface area contributed by atoms with Crippen LogP contribution >= 0.6 is 11.6 Å². The molecule has 2 rings (SSSR count). The monoisotopic (exact) mass is 294 g/mol. The van der Waals surface area contributed by atoms with Gasteiger partial charge >= 0.3 is 0 Å². The van der Waals surface area contributed by atoms with E-state index in [9.17, 15) is 0 Å². The molecule has 3 heteroatoms. The Morgan fingerprint density at radius 1 is 1.25 bits per heavy atom. The number of nitrogens with one attached hydrogen (secondary N) is 1. The van der Waals surface area contributed by atoms with Gasteiger partial charge in [-0.25, -0.2) is 0 Å². The van der Waals surface area contributed by atoms with Gasteiger partial charge in [-0.05, 0) is 69.6 Å². The minimum atomic E-state index is 0.427. The average molecular weight is 295 g/mol. The molecule has 1 unspecified atom stereocenters. The molecule has 0 amide bonds. The molecule has 2 nitrogen and oxygen atoms in total. The summed E-state index contributed by atoms with van der Waals surface area (Å²) >= 11 is 5.96. The van der Waals surface area contributed by atoms with Crippen molar-refractivity contribution in [3.05, 3.63) is 34.9 Å². The number of halogens is 1. The van der Waals surface area contributed by atoms with Crippen LogP contribution in [-0.2, 0) is 0 Å². The summed E-state index contributed by atoms with van der Waals surface area (Å²) in [4.78, 5) is 2.62. The highest BCUT2D eigenvalue weighted by Gasteiger charge is 2.18. The summed E-state index contributed by atoms with van der Waals surface area (Å²) in [6.07, 6.45) is 5.26. The second-order valence-electron chi connectivity index (χ2n) is 5.87. The van der Waals surface area contributed by atoms with Crippen molar-refractivity contribution >= 4 is 11.6 Å². The van der Waals surface area contributed by atoms with Crippen LogP contribution < -0.4 is 5.32 Å². The maximum absolute atomic E-state index is 5.96. The maximum atomic E-state index is 5.96. The minimum Gasteiger partial charge on any atom is -0.313 e. The fourth-order valence-electron chi connectivity index (χ4n) is 3.10. The van der Waals surface area contributed by atoms with Crippen LogP contribution in [0.1, 0.15) is 44.2 Å². The van der Waals surface area contributed by atoms with E-state index in [0.29, 0.717) is 6.04 Å². The number of benzene rings is 1. The Morgan fingerprint density at radius 3 is 2.45 bits per heavy atom. The van der Waals surface area contributed by atoms with Crippen LogP contribution in [0.4, 0.5) is 0 Å². The molecular weight excluding hydrogens is 268 g/mol. The molecule has 0 saturated carbocycles. The molecule has 1 saturated heterocycles. The Balaban J connectivity index is 1.81. The van der Waals surface area contributed by atoms with Gasteiger partial charge < -0.3 is 10.2 Å². The van der Waals surface area contributed by atoms with Crippen LogP contribution in [0.5, 0.6) is 0 Å². The van der Waals surface area contributed by atoms with Gasteiger partial charge in [-0.2, -0.15) is 0 Å². The van der Waals surface area contributed by atoms with Crippen LogP contribution in [-0.4, -0.2) is 31.6 Å². The van der Waals surface area contributed by atoms with Crippen LogP contribution in [0.3, 0.4) is 0 Å². The van der Waals surface area contributed by atoms with Crippen LogP contribution in [0.2, 0.25) is 5.02 Å². The number of piperidine rings is 1. The first-order valence-corrected chi connectivity index (χ1v) is 8.25. The predicted molar refractivity (Wildman–Crippen MR) is 87.3 cm³/mol. The number of rotatable bonds is 6. The molecule has 1 heterocycles. The number of likely N-dealkylation sites (tertiary alicyclic amines) is 1. The first-order valence-electron chi connectivity index (χ1n) is 7.88. The molecule has 1 aliphatic heterocycles. The van der Waals surface area contributed by atoms with Gasteiger partial charge in [-0.1, -0.05) is 37.1 Å². The third-order valence-electron chi connectivity index (χ3n) is 4.64. The molecule has 20 heavy (non-hydrogen) atoms. The van der Waals surface area contributed by atoms with E-state index < -0.39 is 0 Å². The van der Waals surface area contributed by atoms with Gasteiger partial charge in [-0.15, -0.1) is 0 Å². The molecule has 0 aliphatic carbocycles. The maximum Gasteiger partial charge on any atom is 0.0406 e. The highest BCUT2D eigenvalue weighted by molar-refractivity contribution is 6.30. The Morgan fingerprint density at radius 2 is 1.90 bits per heavy atom. The first-order chi connectivity index (χ1) is 9.72. The van der Waals surface area contributed by atoms with E-state index >= 15 is 0 Å². The molecular formula is C17H27ClN2. The molecule has 1 aromatic carbocycles. The van der Waals surface area contributed by atoms with E-state index in [-0.39, 0.29) is 0 Å². The molecule has 112 valence electrons. The molecule has 1 aromatic rings. The van der Waals surface area contributed by atoms with Crippen LogP contribution in [0, 0.1) is 5.92 Å². The third-order valence-corrected chi connectivity index (χ3v) is 4.89. The topological polar surface area (TPSA) is 15.3 Å². The molecule has 0 aromatic heterocycles. The molecule has 0 radical (unpaired) electrons. The van der Waals surface area contributed by atoms with Crippen molar-refractivity contribution in [2.75, 3.05) is 26.7 Å². The lowest BCUT2D eigenvalue weighted by molar-refractivity contribution is 0.175. The zero-order valence-corrected chi connectivity index (χ0v) is 13.5. The fourth-order valence-corrected chi connectivity index (χ4v) is 3.23. The Hall–Kier alpha value is -0.570. The van der Waals surface area contributed by atoms with Gasteiger partial charge in [0.1, 0.15) is 0 Å². The predicted octanol–water partition coefficient (Wildman–Crippen LogP) is 4.11. The van der Waals surface area contributed by atoms with E-state index in [2.05, 4.69) is 29.3 Å². The third kappa shape index (κ3) is 4.47. The Labute approximate surface area is 128 Å². The van der Waals surface area contributed by atoms with Gasteiger partial charge in [-0.3, -0.25) is 0 Å². The second-order valence-corrected chi connectivity index (χ2v) is 6.31. The van der Waals surface area contributed by atoms with Crippen molar-refractivity contribution in [1.82, 2.24) is 10.2 Å².